The van der Waals surface area contributed by atoms with Crippen LogP contribution in [-0.2, 0) is 0 Å². The molecule has 0 aliphatic carbocycles. The van der Waals surface area contributed by atoms with Crippen LogP contribution in [0.1, 0.15) is 5.56 Å². The molecule has 3 rings (SSSR count). The first-order chi connectivity index (χ1) is 9.28. The highest BCUT2D eigenvalue weighted by atomic mass is 16.5. The lowest BCUT2D eigenvalue weighted by atomic mass is 10.1. The normalized spacial score (nSPS) is 10.6. The minimum Gasteiger partial charge on any atom is -0.496 e. The zero-order valence-electron chi connectivity index (χ0n) is 11.1. The maximum Gasteiger partial charge on any atom is 0.130 e. The van der Waals surface area contributed by atoms with Crippen LogP contribution in [0.25, 0.3) is 22.2 Å². The van der Waals surface area contributed by atoms with E-state index in [0.29, 0.717) is 0 Å². The van der Waals surface area contributed by atoms with Crippen LogP contribution in [0.4, 0.5) is 0 Å². The predicted molar refractivity (Wildman–Crippen MR) is 78.5 cm³/mol. The largest absolute Gasteiger partial charge is 0.496 e. The number of benzene rings is 2. The van der Waals surface area contributed by atoms with E-state index in [4.69, 9.17) is 9.72 Å². The third kappa shape index (κ3) is 2.17. The van der Waals surface area contributed by atoms with E-state index in [9.17, 15) is 0 Å². The fourth-order valence-electron chi connectivity index (χ4n) is 2.18. The number of hydrogen-bond donors (Lipinski definition) is 0. The molecule has 0 spiro atoms. The summed E-state index contributed by atoms with van der Waals surface area (Å²) in [5.74, 6) is 0.862. The Kier molecular flexibility index (Phi) is 2.92. The van der Waals surface area contributed by atoms with Crippen molar-refractivity contribution in [2.75, 3.05) is 7.11 Å². The zero-order valence-corrected chi connectivity index (χ0v) is 11.1. The second-order valence-electron chi connectivity index (χ2n) is 4.59. The molecule has 1 heterocycles. The molecule has 2 heteroatoms. The Morgan fingerprint density at radius 1 is 0.947 bits per heavy atom. The van der Waals surface area contributed by atoms with Gasteiger partial charge in [-0.2, -0.15) is 0 Å². The third-order valence-electron chi connectivity index (χ3n) is 3.25. The zero-order chi connectivity index (χ0) is 13.2. The predicted octanol–water partition coefficient (Wildman–Crippen LogP) is 4.22. The van der Waals surface area contributed by atoms with Crippen LogP contribution in [-0.4, -0.2) is 12.1 Å². The first-order valence-corrected chi connectivity index (χ1v) is 6.29. The van der Waals surface area contributed by atoms with E-state index in [1.165, 1.54) is 5.56 Å². The summed E-state index contributed by atoms with van der Waals surface area (Å²) in [6.45, 7) is 2.08. The molecule has 0 aliphatic rings. The molecular formula is C17H15NO. The summed E-state index contributed by atoms with van der Waals surface area (Å²) in [5, 5.41) is 1.04. The van der Waals surface area contributed by atoms with E-state index in [1.54, 1.807) is 7.11 Å². The maximum atomic E-state index is 5.47. The van der Waals surface area contributed by atoms with Gasteiger partial charge in [-0.15, -0.1) is 0 Å². The van der Waals surface area contributed by atoms with Gasteiger partial charge in [0.2, 0.25) is 0 Å². The minimum atomic E-state index is 0.862. The van der Waals surface area contributed by atoms with Crippen LogP contribution < -0.4 is 4.74 Å². The molecule has 2 aromatic carbocycles. The van der Waals surface area contributed by atoms with E-state index in [2.05, 4.69) is 31.2 Å². The summed E-state index contributed by atoms with van der Waals surface area (Å²) in [6.07, 6.45) is 0. The standard InChI is InChI=1S/C17H15NO/c1-12-7-9-13(10-8-12)16-11-17(19-2)14-5-3-4-6-15(14)18-16/h3-11H,1-2H3. The van der Waals surface area contributed by atoms with Gasteiger partial charge in [0.25, 0.3) is 0 Å². The molecule has 0 aliphatic heterocycles. The molecular weight excluding hydrogens is 234 g/mol. The van der Waals surface area contributed by atoms with Crippen molar-refractivity contribution < 1.29 is 4.74 Å². The van der Waals surface area contributed by atoms with Crippen molar-refractivity contribution in [2.24, 2.45) is 0 Å². The van der Waals surface area contributed by atoms with Crippen molar-refractivity contribution in [2.45, 2.75) is 6.92 Å². The minimum absolute atomic E-state index is 0.862. The molecule has 0 saturated heterocycles. The van der Waals surface area contributed by atoms with Gasteiger partial charge in [-0.3, -0.25) is 0 Å². The van der Waals surface area contributed by atoms with Crippen LogP contribution in [0.15, 0.2) is 54.6 Å². The Balaban J connectivity index is 2.22. The summed E-state index contributed by atoms with van der Waals surface area (Å²) in [5.41, 5.74) is 4.25. The molecule has 0 radical (unpaired) electrons. The molecule has 0 amide bonds. The fourth-order valence-corrected chi connectivity index (χ4v) is 2.18. The lowest BCUT2D eigenvalue weighted by Gasteiger charge is -2.08. The molecule has 0 atom stereocenters. The third-order valence-corrected chi connectivity index (χ3v) is 3.25. The number of methoxy groups -OCH3 is 1. The lowest BCUT2D eigenvalue weighted by Crippen LogP contribution is -1.91. The van der Waals surface area contributed by atoms with E-state index in [0.717, 1.165) is 27.9 Å². The van der Waals surface area contributed by atoms with E-state index >= 15 is 0 Å². The maximum absolute atomic E-state index is 5.47. The number of fused-ring (bicyclic) bond motifs is 1. The Morgan fingerprint density at radius 2 is 1.68 bits per heavy atom. The smallest absolute Gasteiger partial charge is 0.130 e. The monoisotopic (exact) mass is 249 g/mol. The number of aryl methyl sites for hydroxylation is 1. The molecule has 0 unspecified atom stereocenters. The number of hydrogen-bond acceptors (Lipinski definition) is 2. The van der Waals surface area contributed by atoms with Crippen LogP contribution in [0, 0.1) is 6.92 Å². The number of para-hydroxylation sites is 1. The Morgan fingerprint density at radius 3 is 2.42 bits per heavy atom. The summed E-state index contributed by atoms with van der Waals surface area (Å²) < 4.78 is 5.47. The Bertz CT molecular complexity index is 717. The Labute approximate surface area is 112 Å². The number of nitrogens with zero attached hydrogens (tertiary/aromatic N) is 1. The molecule has 94 valence electrons. The van der Waals surface area contributed by atoms with E-state index in [-0.39, 0.29) is 0 Å². The summed E-state index contributed by atoms with van der Waals surface area (Å²) in [4.78, 5) is 4.70. The highest BCUT2D eigenvalue weighted by Gasteiger charge is 2.07. The average molecular weight is 249 g/mol. The first kappa shape index (κ1) is 11.7. The van der Waals surface area contributed by atoms with Crippen molar-refractivity contribution in [1.82, 2.24) is 4.98 Å². The topological polar surface area (TPSA) is 22.1 Å². The van der Waals surface area contributed by atoms with Crippen LogP contribution >= 0.6 is 0 Å². The second-order valence-corrected chi connectivity index (χ2v) is 4.59. The van der Waals surface area contributed by atoms with Crippen molar-refractivity contribution in [3.8, 4) is 17.0 Å². The molecule has 2 nitrogen and oxygen atoms in total. The summed E-state index contributed by atoms with van der Waals surface area (Å²) in [7, 11) is 1.70. The number of ether oxygens (including phenoxy) is 1. The van der Waals surface area contributed by atoms with Gasteiger partial charge in [0, 0.05) is 17.0 Å². The molecule has 0 bridgehead atoms. The fraction of sp³-hybridized carbons (Fsp3) is 0.118. The first-order valence-electron chi connectivity index (χ1n) is 6.29. The van der Waals surface area contributed by atoms with Gasteiger partial charge in [-0.05, 0) is 19.1 Å². The van der Waals surface area contributed by atoms with Crippen molar-refractivity contribution in [1.29, 1.82) is 0 Å². The van der Waals surface area contributed by atoms with Gasteiger partial charge in [-0.1, -0.05) is 42.0 Å². The van der Waals surface area contributed by atoms with Gasteiger partial charge in [0.15, 0.2) is 0 Å². The highest BCUT2D eigenvalue weighted by molar-refractivity contribution is 5.87. The quantitative estimate of drug-likeness (QED) is 0.678. The average Bonchev–Trinajstić information content (AvgIpc) is 2.47. The van der Waals surface area contributed by atoms with Crippen LogP contribution in [0.5, 0.6) is 5.75 Å². The number of pyridine rings is 1. The summed E-state index contributed by atoms with van der Waals surface area (Å²) >= 11 is 0. The lowest BCUT2D eigenvalue weighted by molar-refractivity contribution is 0.419. The molecule has 1 aromatic heterocycles. The molecule has 0 fully saturated rings. The highest BCUT2D eigenvalue weighted by Crippen LogP contribution is 2.29. The molecule has 0 saturated carbocycles. The molecule has 19 heavy (non-hydrogen) atoms. The second kappa shape index (κ2) is 4.73. The van der Waals surface area contributed by atoms with Gasteiger partial charge in [0.05, 0.1) is 18.3 Å². The summed E-state index contributed by atoms with van der Waals surface area (Å²) in [6, 6.07) is 18.4. The number of aromatic nitrogens is 1. The van der Waals surface area contributed by atoms with Crippen LogP contribution in [0.3, 0.4) is 0 Å². The van der Waals surface area contributed by atoms with Gasteiger partial charge < -0.3 is 4.74 Å². The molecule has 3 aromatic rings. The van der Waals surface area contributed by atoms with Crippen molar-refractivity contribution >= 4 is 10.9 Å². The van der Waals surface area contributed by atoms with Gasteiger partial charge in [-0.25, -0.2) is 4.98 Å². The van der Waals surface area contributed by atoms with E-state index in [1.807, 2.05) is 30.3 Å². The van der Waals surface area contributed by atoms with Gasteiger partial charge in [0.1, 0.15) is 5.75 Å². The van der Waals surface area contributed by atoms with E-state index < -0.39 is 0 Å². The Hall–Kier alpha value is -2.35. The van der Waals surface area contributed by atoms with Crippen molar-refractivity contribution in [3.05, 3.63) is 60.2 Å². The number of rotatable bonds is 2. The van der Waals surface area contributed by atoms with Crippen molar-refractivity contribution in [3.63, 3.8) is 0 Å². The SMILES string of the molecule is COc1cc(-c2ccc(C)cc2)nc2ccccc12. The van der Waals surface area contributed by atoms with Crippen LogP contribution in [0.2, 0.25) is 0 Å². The molecule has 0 N–H and O–H groups in total. The van der Waals surface area contributed by atoms with Gasteiger partial charge >= 0.3 is 0 Å².